The van der Waals surface area contributed by atoms with Crippen LogP contribution in [0.15, 0.2) is 59.7 Å². The Morgan fingerprint density at radius 3 is 2.30 bits per heavy atom. The van der Waals surface area contributed by atoms with Gasteiger partial charge in [0.1, 0.15) is 5.75 Å². The SMILES string of the molecule is O=C(N/N=C/c1ccccc1)C(=O)Nc1ccccc1OC(F)(F)C(F)F. The Morgan fingerprint density at radius 1 is 1.00 bits per heavy atom. The average molecular weight is 383 g/mol. The van der Waals surface area contributed by atoms with Crippen LogP contribution in [0.2, 0.25) is 0 Å². The molecule has 0 bridgehead atoms. The fraction of sp³-hybridized carbons (Fsp3) is 0.118. The number of nitrogens with one attached hydrogen (secondary N) is 2. The molecule has 0 aliphatic rings. The van der Waals surface area contributed by atoms with Gasteiger partial charge in [0.05, 0.1) is 11.9 Å². The second kappa shape index (κ2) is 8.79. The number of halogens is 4. The molecule has 0 spiro atoms. The maximum absolute atomic E-state index is 13.1. The van der Waals surface area contributed by atoms with Crippen molar-refractivity contribution in [2.24, 2.45) is 5.10 Å². The van der Waals surface area contributed by atoms with E-state index in [-0.39, 0.29) is 5.69 Å². The summed E-state index contributed by atoms with van der Waals surface area (Å²) >= 11 is 0. The average Bonchev–Trinajstić information content (AvgIpc) is 2.63. The molecule has 2 aromatic carbocycles. The first kappa shape index (κ1) is 19.9. The number of alkyl halides is 4. The van der Waals surface area contributed by atoms with Gasteiger partial charge in [-0.25, -0.2) is 5.43 Å². The molecule has 0 radical (unpaired) electrons. The molecule has 0 saturated heterocycles. The van der Waals surface area contributed by atoms with Crippen molar-refractivity contribution in [2.45, 2.75) is 12.5 Å². The van der Waals surface area contributed by atoms with E-state index >= 15 is 0 Å². The van der Waals surface area contributed by atoms with Crippen LogP contribution in [-0.2, 0) is 9.59 Å². The molecule has 2 amide bonds. The second-order valence-corrected chi connectivity index (χ2v) is 5.02. The number of ether oxygens (including phenoxy) is 1. The number of hydrazone groups is 1. The standard InChI is InChI=1S/C17H13F4N3O3/c18-16(19)17(20,21)27-13-9-5-4-8-12(13)23-14(25)15(26)24-22-10-11-6-2-1-3-7-11/h1-10,16H,(H,23,25)(H,24,26)/b22-10+. The second-order valence-electron chi connectivity index (χ2n) is 5.02. The van der Waals surface area contributed by atoms with Crippen LogP contribution in [0.1, 0.15) is 5.56 Å². The smallest absolute Gasteiger partial charge is 0.426 e. The summed E-state index contributed by atoms with van der Waals surface area (Å²) in [5, 5.41) is 5.57. The van der Waals surface area contributed by atoms with E-state index in [0.29, 0.717) is 5.56 Å². The predicted molar refractivity (Wildman–Crippen MR) is 88.8 cm³/mol. The van der Waals surface area contributed by atoms with Crippen LogP contribution < -0.4 is 15.5 Å². The first-order chi connectivity index (χ1) is 12.8. The van der Waals surface area contributed by atoms with E-state index in [9.17, 15) is 27.2 Å². The Hall–Kier alpha value is -3.43. The molecule has 0 heterocycles. The topological polar surface area (TPSA) is 79.8 Å². The number of para-hydroxylation sites is 2. The summed E-state index contributed by atoms with van der Waals surface area (Å²) in [7, 11) is 0. The first-order valence-corrected chi connectivity index (χ1v) is 7.43. The largest absolute Gasteiger partial charge is 0.461 e. The number of hydrogen-bond donors (Lipinski definition) is 2. The number of benzene rings is 2. The summed E-state index contributed by atoms with van der Waals surface area (Å²) in [4.78, 5) is 23.5. The highest BCUT2D eigenvalue weighted by atomic mass is 19.3. The van der Waals surface area contributed by atoms with E-state index in [1.165, 1.54) is 18.3 Å². The van der Waals surface area contributed by atoms with Crippen molar-refractivity contribution in [2.75, 3.05) is 5.32 Å². The molecular formula is C17H13F4N3O3. The summed E-state index contributed by atoms with van der Waals surface area (Å²) < 4.78 is 54.6. The lowest BCUT2D eigenvalue weighted by molar-refractivity contribution is -0.252. The number of hydrogen-bond acceptors (Lipinski definition) is 4. The van der Waals surface area contributed by atoms with Crippen LogP contribution in [-0.4, -0.2) is 30.6 Å². The maximum atomic E-state index is 13.1. The highest BCUT2D eigenvalue weighted by molar-refractivity contribution is 6.39. The molecule has 0 atom stereocenters. The summed E-state index contributed by atoms with van der Waals surface area (Å²) in [6, 6.07) is 13.3. The van der Waals surface area contributed by atoms with Crippen LogP contribution in [0, 0.1) is 0 Å². The van der Waals surface area contributed by atoms with Gasteiger partial charge in [-0.15, -0.1) is 0 Å². The minimum atomic E-state index is -4.76. The van der Waals surface area contributed by atoms with Crippen molar-refractivity contribution in [3.63, 3.8) is 0 Å². The molecule has 142 valence electrons. The quantitative estimate of drug-likeness (QED) is 0.348. The van der Waals surface area contributed by atoms with Gasteiger partial charge in [0.15, 0.2) is 0 Å². The Morgan fingerprint density at radius 2 is 1.63 bits per heavy atom. The zero-order valence-electron chi connectivity index (χ0n) is 13.5. The molecule has 0 aromatic heterocycles. The molecule has 0 aliphatic heterocycles. The summed E-state index contributed by atoms with van der Waals surface area (Å²) in [6.07, 6.45) is -7.55. The number of nitrogens with zero attached hydrogens (tertiary/aromatic N) is 1. The third-order valence-electron chi connectivity index (χ3n) is 3.02. The molecule has 0 saturated carbocycles. The molecular weight excluding hydrogens is 370 g/mol. The molecule has 0 fully saturated rings. The Kier molecular flexibility index (Phi) is 6.47. The molecule has 27 heavy (non-hydrogen) atoms. The van der Waals surface area contributed by atoms with Crippen LogP contribution in [0.3, 0.4) is 0 Å². The van der Waals surface area contributed by atoms with Crippen LogP contribution in [0.4, 0.5) is 23.2 Å². The monoisotopic (exact) mass is 383 g/mol. The minimum absolute atomic E-state index is 0.384. The van der Waals surface area contributed by atoms with Gasteiger partial charge in [-0.3, -0.25) is 9.59 Å². The van der Waals surface area contributed by atoms with Gasteiger partial charge in [-0.1, -0.05) is 42.5 Å². The number of carbonyl (C=O) groups excluding carboxylic acids is 2. The van der Waals surface area contributed by atoms with Crippen LogP contribution in [0.5, 0.6) is 5.75 Å². The van der Waals surface area contributed by atoms with E-state index in [2.05, 4.69) is 9.84 Å². The van der Waals surface area contributed by atoms with Gasteiger partial charge in [-0.2, -0.15) is 22.7 Å². The first-order valence-electron chi connectivity index (χ1n) is 7.43. The predicted octanol–water partition coefficient (Wildman–Crippen LogP) is 3.01. The zero-order chi connectivity index (χ0) is 19.9. The van der Waals surface area contributed by atoms with Crippen molar-refractivity contribution in [1.82, 2.24) is 5.43 Å². The van der Waals surface area contributed by atoms with Crippen LogP contribution >= 0.6 is 0 Å². The van der Waals surface area contributed by atoms with Gasteiger partial charge in [0, 0.05) is 0 Å². The third-order valence-corrected chi connectivity index (χ3v) is 3.02. The van der Waals surface area contributed by atoms with Gasteiger partial charge in [0.2, 0.25) is 0 Å². The van der Waals surface area contributed by atoms with Crippen molar-refractivity contribution >= 4 is 23.7 Å². The Labute approximate surface area is 150 Å². The van der Waals surface area contributed by atoms with E-state index in [1.54, 1.807) is 30.3 Å². The van der Waals surface area contributed by atoms with Crippen molar-refractivity contribution < 1.29 is 31.9 Å². The summed E-state index contributed by atoms with van der Waals surface area (Å²) in [6.45, 7) is 0. The zero-order valence-corrected chi connectivity index (χ0v) is 13.5. The Balaban J connectivity index is 2.01. The van der Waals surface area contributed by atoms with Gasteiger partial charge < -0.3 is 10.1 Å². The van der Waals surface area contributed by atoms with Gasteiger partial charge >= 0.3 is 24.3 Å². The molecule has 2 N–H and O–H groups in total. The number of amides is 2. The summed E-state index contributed by atoms with van der Waals surface area (Å²) in [5.41, 5.74) is 2.22. The number of rotatable bonds is 6. The highest BCUT2D eigenvalue weighted by Gasteiger charge is 2.44. The van der Waals surface area contributed by atoms with E-state index < -0.39 is 30.1 Å². The Bertz CT molecular complexity index is 829. The van der Waals surface area contributed by atoms with Gasteiger partial charge in [0.25, 0.3) is 0 Å². The van der Waals surface area contributed by atoms with Gasteiger partial charge in [-0.05, 0) is 17.7 Å². The molecule has 2 rings (SSSR count). The van der Waals surface area contributed by atoms with Crippen molar-refractivity contribution in [3.05, 3.63) is 60.2 Å². The molecule has 0 aliphatic carbocycles. The normalized spacial score (nSPS) is 11.4. The third kappa shape index (κ3) is 5.80. The van der Waals surface area contributed by atoms with E-state index in [0.717, 1.165) is 12.1 Å². The molecule has 0 unspecified atom stereocenters. The minimum Gasteiger partial charge on any atom is -0.426 e. The molecule has 6 nitrogen and oxygen atoms in total. The maximum Gasteiger partial charge on any atom is 0.461 e. The van der Waals surface area contributed by atoms with E-state index in [1.807, 2.05) is 10.7 Å². The lowest BCUT2D eigenvalue weighted by Gasteiger charge is -2.19. The van der Waals surface area contributed by atoms with Crippen LogP contribution in [0.25, 0.3) is 0 Å². The fourth-order valence-electron chi connectivity index (χ4n) is 1.78. The lowest BCUT2D eigenvalue weighted by Crippen LogP contribution is -2.35. The lowest BCUT2D eigenvalue weighted by atomic mass is 10.2. The summed E-state index contributed by atoms with van der Waals surface area (Å²) in [5.74, 6) is -3.18. The number of anilines is 1. The van der Waals surface area contributed by atoms with E-state index in [4.69, 9.17) is 0 Å². The highest BCUT2D eigenvalue weighted by Crippen LogP contribution is 2.32. The van der Waals surface area contributed by atoms with Crippen molar-refractivity contribution in [3.8, 4) is 5.75 Å². The number of carbonyl (C=O) groups is 2. The van der Waals surface area contributed by atoms with Crippen molar-refractivity contribution in [1.29, 1.82) is 0 Å². The fourth-order valence-corrected chi connectivity index (χ4v) is 1.78. The molecule has 10 heteroatoms. The molecule has 2 aromatic rings.